The van der Waals surface area contributed by atoms with E-state index in [4.69, 9.17) is 23.2 Å². The minimum Gasteiger partial charge on any atom is -0.330 e. The van der Waals surface area contributed by atoms with E-state index in [-0.39, 0.29) is 23.5 Å². The predicted octanol–water partition coefficient (Wildman–Crippen LogP) is 3.82. The van der Waals surface area contributed by atoms with Crippen molar-refractivity contribution in [3.05, 3.63) is 69.7 Å². The molecule has 0 N–H and O–H groups in total. The highest BCUT2D eigenvalue weighted by Gasteiger charge is 2.35. The first kappa shape index (κ1) is 18.2. The number of amides is 1. The second-order valence-corrected chi connectivity index (χ2v) is 9.17. The number of halogens is 2. The molecule has 0 spiro atoms. The summed E-state index contributed by atoms with van der Waals surface area (Å²) in [5.74, 6) is -0.177. The second kappa shape index (κ2) is 7.36. The number of rotatable bonds is 4. The van der Waals surface area contributed by atoms with Crippen LogP contribution in [0.15, 0.2) is 48.5 Å². The van der Waals surface area contributed by atoms with Crippen LogP contribution >= 0.6 is 23.2 Å². The molecule has 1 fully saturated rings. The summed E-state index contributed by atoms with van der Waals surface area (Å²) in [5, 5.41) is 0.964. The highest BCUT2D eigenvalue weighted by atomic mass is 35.5. The molecule has 0 saturated carbocycles. The Morgan fingerprint density at radius 2 is 1.76 bits per heavy atom. The maximum atomic E-state index is 13.1. The zero-order valence-corrected chi connectivity index (χ0v) is 15.7. The SMILES string of the molecule is O=C(c1ccccc1Cl)N(Cc1ccc(Cl)cc1)C1CCS(=O)(=O)C1. The van der Waals surface area contributed by atoms with E-state index in [1.807, 2.05) is 12.1 Å². The fourth-order valence-electron chi connectivity index (χ4n) is 2.96. The van der Waals surface area contributed by atoms with Gasteiger partial charge < -0.3 is 4.90 Å². The number of hydrogen-bond donors (Lipinski definition) is 0. The predicted molar refractivity (Wildman–Crippen MR) is 99.8 cm³/mol. The molecule has 0 aromatic heterocycles. The first-order chi connectivity index (χ1) is 11.9. The quantitative estimate of drug-likeness (QED) is 0.787. The van der Waals surface area contributed by atoms with Crippen molar-refractivity contribution in [1.82, 2.24) is 4.90 Å². The Kier molecular flexibility index (Phi) is 5.37. The van der Waals surface area contributed by atoms with Gasteiger partial charge in [-0.2, -0.15) is 0 Å². The van der Waals surface area contributed by atoms with Gasteiger partial charge in [0.1, 0.15) is 0 Å². The third-order valence-electron chi connectivity index (χ3n) is 4.28. The Labute approximate surface area is 157 Å². The maximum Gasteiger partial charge on any atom is 0.255 e. The Hall–Kier alpha value is -1.56. The van der Waals surface area contributed by atoms with E-state index in [0.717, 1.165) is 5.56 Å². The van der Waals surface area contributed by atoms with Crippen molar-refractivity contribution >= 4 is 38.9 Å². The van der Waals surface area contributed by atoms with Crippen molar-refractivity contribution in [1.29, 1.82) is 0 Å². The normalized spacial score (nSPS) is 18.9. The summed E-state index contributed by atoms with van der Waals surface area (Å²) < 4.78 is 23.8. The number of sulfone groups is 1. The Morgan fingerprint density at radius 1 is 1.08 bits per heavy atom. The number of carbonyl (C=O) groups is 1. The minimum absolute atomic E-state index is 0.0171. The van der Waals surface area contributed by atoms with Crippen LogP contribution in [-0.4, -0.2) is 36.8 Å². The minimum atomic E-state index is -3.11. The van der Waals surface area contributed by atoms with Gasteiger partial charge in [0.15, 0.2) is 9.84 Å². The summed E-state index contributed by atoms with van der Waals surface area (Å²) in [6, 6.07) is 13.6. The molecule has 2 aromatic carbocycles. The number of carbonyl (C=O) groups excluding carboxylic acids is 1. The number of nitrogens with zero attached hydrogens (tertiary/aromatic N) is 1. The van der Waals surface area contributed by atoms with E-state index >= 15 is 0 Å². The lowest BCUT2D eigenvalue weighted by Gasteiger charge is -2.29. The molecule has 25 heavy (non-hydrogen) atoms. The molecule has 1 heterocycles. The fraction of sp³-hybridized carbons (Fsp3) is 0.278. The van der Waals surface area contributed by atoms with Gasteiger partial charge >= 0.3 is 0 Å². The fourth-order valence-corrected chi connectivity index (χ4v) is 5.04. The highest BCUT2D eigenvalue weighted by molar-refractivity contribution is 7.91. The second-order valence-electron chi connectivity index (χ2n) is 6.10. The van der Waals surface area contributed by atoms with Crippen molar-refractivity contribution in [3.63, 3.8) is 0 Å². The zero-order valence-electron chi connectivity index (χ0n) is 13.4. The Morgan fingerprint density at radius 3 is 2.36 bits per heavy atom. The summed E-state index contributed by atoms with van der Waals surface area (Å²) in [7, 11) is -3.11. The Balaban J connectivity index is 1.92. The summed E-state index contributed by atoms with van der Waals surface area (Å²) in [6.07, 6.45) is 0.437. The lowest BCUT2D eigenvalue weighted by molar-refractivity contribution is 0.0681. The van der Waals surface area contributed by atoms with Crippen LogP contribution in [0.3, 0.4) is 0 Å². The molecule has 1 aliphatic rings. The molecule has 0 bridgehead atoms. The largest absolute Gasteiger partial charge is 0.330 e. The molecule has 1 saturated heterocycles. The van der Waals surface area contributed by atoms with Crippen LogP contribution in [-0.2, 0) is 16.4 Å². The van der Waals surface area contributed by atoms with Gasteiger partial charge in [0.25, 0.3) is 5.91 Å². The Bertz CT molecular complexity index is 881. The molecular formula is C18H17Cl2NO3S. The van der Waals surface area contributed by atoms with Gasteiger partial charge in [-0.1, -0.05) is 47.5 Å². The average Bonchev–Trinajstić information content (AvgIpc) is 2.94. The molecule has 4 nitrogen and oxygen atoms in total. The van der Waals surface area contributed by atoms with Crippen LogP contribution < -0.4 is 0 Å². The molecule has 1 amide bonds. The van der Waals surface area contributed by atoms with Gasteiger partial charge in [-0.05, 0) is 36.2 Å². The van der Waals surface area contributed by atoms with Crippen LogP contribution in [0.25, 0.3) is 0 Å². The monoisotopic (exact) mass is 397 g/mol. The molecule has 1 unspecified atom stereocenters. The third-order valence-corrected chi connectivity index (χ3v) is 6.61. The molecule has 1 aliphatic heterocycles. The summed E-state index contributed by atoms with van der Waals surface area (Å²) >= 11 is 12.1. The molecule has 1 atom stereocenters. The molecule has 2 aromatic rings. The lowest BCUT2D eigenvalue weighted by Crippen LogP contribution is -2.40. The average molecular weight is 398 g/mol. The molecule has 132 valence electrons. The van der Waals surface area contributed by atoms with Crippen molar-refractivity contribution in [3.8, 4) is 0 Å². The molecular weight excluding hydrogens is 381 g/mol. The van der Waals surface area contributed by atoms with Crippen LogP contribution in [0.4, 0.5) is 0 Å². The van der Waals surface area contributed by atoms with Crippen LogP contribution in [0.5, 0.6) is 0 Å². The summed E-state index contributed by atoms with van der Waals surface area (Å²) in [5.41, 5.74) is 1.26. The van der Waals surface area contributed by atoms with Gasteiger partial charge in [-0.15, -0.1) is 0 Å². The van der Waals surface area contributed by atoms with Crippen LogP contribution in [0.1, 0.15) is 22.3 Å². The van der Waals surface area contributed by atoms with Gasteiger partial charge in [0, 0.05) is 17.6 Å². The van der Waals surface area contributed by atoms with E-state index in [2.05, 4.69) is 0 Å². The summed E-state index contributed by atoms with van der Waals surface area (Å²) in [6.45, 7) is 0.307. The lowest BCUT2D eigenvalue weighted by atomic mass is 10.1. The number of benzene rings is 2. The van der Waals surface area contributed by atoms with E-state index in [0.29, 0.717) is 28.6 Å². The third kappa shape index (κ3) is 4.35. The van der Waals surface area contributed by atoms with E-state index in [1.54, 1.807) is 41.3 Å². The van der Waals surface area contributed by atoms with E-state index in [1.165, 1.54) is 0 Å². The van der Waals surface area contributed by atoms with Crippen molar-refractivity contribution < 1.29 is 13.2 Å². The van der Waals surface area contributed by atoms with Gasteiger partial charge in [0.2, 0.25) is 0 Å². The van der Waals surface area contributed by atoms with E-state index in [9.17, 15) is 13.2 Å². The van der Waals surface area contributed by atoms with Gasteiger partial charge in [0.05, 0.1) is 22.1 Å². The van der Waals surface area contributed by atoms with Crippen LogP contribution in [0, 0.1) is 0 Å². The highest BCUT2D eigenvalue weighted by Crippen LogP contribution is 2.25. The topological polar surface area (TPSA) is 54.5 Å². The smallest absolute Gasteiger partial charge is 0.255 e. The number of hydrogen-bond acceptors (Lipinski definition) is 3. The van der Waals surface area contributed by atoms with Crippen LogP contribution in [0.2, 0.25) is 10.0 Å². The first-order valence-corrected chi connectivity index (χ1v) is 10.4. The van der Waals surface area contributed by atoms with Crippen molar-refractivity contribution in [2.45, 2.75) is 19.0 Å². The van der Waals surface area contributed by atoms with Gasteiger partial charge in [-0.3, -0.25) is 4.79 Å². The van der Waals surface area contributed by atoms with Crippen molar-refractivity contribution in [2.24, 2.45) is 0 Å². The molecule has 0 radical (unpaired) electrons. The maximum absolute atomic E-state index is 13.1. The first-order valence-electron chi connectivity index (χ1n) is 7.86. The summed E-state index contributed by atoms with van der Waals surface area (Å²) in [4.78, 5) is 14.7. The van der Waals surface area contributed by atoms with Crippen molar-refractivity contribution in [2.75, 3.05) is 11.5 Å². The molecule has 3 rings (SSSR count). The van der Waals surface area contributed by atoms with E-state index < -0.39 is 9.84 Å². The van der Waals surface area contributed by atoms with Gasteiger partial charge in [-0.25, -0.2) is 8.42 Å². The molecule has 0 aliphatic carbocycles. The zero-order chi connectivity index (χ0) is 18.0. The molecule has 7 heteroatoms. The standard InChI is InChI=1S/C18H17Cl2NO3S/c19-14-7-5-13(6-8-14)11-21(15-9-10-25(23,24)12-15)18(22)16-3-1-2-4-17(16)20/h1-8,15H,9-12H2.